The lowest BCUT2D eigenvalue weighted by Crippen LogP contribution is -2.48. The molecule has 0 N–H and O–H groups in total. The largest absolute Gasteiger partial charge is 0.452 e. The topological polar surface area (TPSA) is 93.6 Å². The Balaban J connectivity index is 1.55. The molecule has 0 spiro atoms. The Labute approximate surface area is 182 Å². The van der Waals surface area contributed by atoms with Gasteiger partial charge in [0.15, 0.2) is 16.4 Å². The molecule has 2 aliphatic rings. The van der Waals surface area contributed by atoms with Crippen LogP contribution in [0, 0.1) is 0 Å². The maximum absolute atomic E-state index is 13.1. The van der Waals surface area contributed by atoms with E-state index in [-0.39, 0.29) is 29.5 Å². The van der Waals surface area contributed by atoms with Gasteiger partial charge in [-0.05, 0) is 50.7 Å². The summed E-state index contributed by atoms with van der Waals surface area (Å²) in [4.78, 5) is 32.4. The second-order valence-electron chi connectivity index (χ2n) is 8.47. The Hall–Kier alpha value is -2.48. The van der Waals surface area contributed by atoms with Crippen LogP contribution in [0.25, 0.3) is 10.9 Å². The molecule has 31 heavy (non-hydrogen) atoms. The number of esters is 1. The third-order valence-corrected chi connectivity index (χ3v) is 8.16. The van der Waals surface area contributed by atoms with E-state index in [1.165, 1.54) is 0 Å². The average molecular weight is 445 g/mol. The first kappa shape index (κ1) is 21.7. The highest BCUT2D eigenvalue weighted by Gasteiger charge is 2.37. The SMILES string of the molecule is CCC(C)N(C(=O)COC(=O)c1c2c(nc3ccccc13)CCC2)C1CCS(=O)(=O)C1. The van der Waals surface area contributed by atoms with Crippen LogP contribution in [0.4, 0.5) is 0 Å². The van der Waals surface area contributed by atoms with Gasteiger partial charge in [0.1, 0.15) is 0 Å². The highest BCUT2D eigenvalue weighted by Crippen LogP contribution is 2.30. The van der Waals surface area contributed by atoms with E-state index in [9.17, 15) is 18.0 Å². The number of rotatable bonds is 6. The lowest BCUT2D eigenvalue weighted by molar-refractivity contribution is -0.138. The third kappa shape index (κ3) is 4.31. The fraction of sp³-hybridized carbons (Fsp3) is 0.522. The summed E-state index contributed by atoms with van der Waals surface area (Å²) in [5, 5.41) is 0.737. The molecule has 1 aromatic carbocycles. The summed E-state index contributed by atoms with van der Waals surface area (Å²) in [6.07, 6.45) is 3.66. The number of fused-ring (bicyclic) bond motifs is 2. The van der Waals surface area contributed by atoms with Crippen LogP contribution in [0.3, 0.4) is 0 Å². The highest BCUT2D eigenvalue weighted by molar-refractivity contribution is 7.91. The zero-order chi connectivity index (χ0) is 22.2. The number of nitrogens with zero attached hydrogens (tertiary/aromatic N) is 2. The zero-order valence-corrected chi connectivity index (χ0v) is 18.8. The standard InChI is InChI=1S/C23H28N2O5S/c1-3-15(2)25(16-11-12-31(28,29)14-16)21(26)13-30-23(27)22-17-7-4-5-9-19(17)24-20-10-6-8-18(20)22/h4-5,7,9,15-16H,3,6,8,10-14H2,1-2H3. The summed E-state index contributed by atoms with van der Waals surface area (Å²) in [5.74, 6) is -0.806. The van der Waals surface area contributed by atoms with Crippen molar-refractivity contribution in [3.63, 3.8) is 0 Å². The maximum atomic E-state index is 13.1. The summed E-state index contributed by atoms with van der Waals surface area (Å²) in [6, 6.07) is 6.98. The fourth-order valence-corrected chi connectivity index (χ4v) is 6.43. The van der Waals surface area contributed by atoms with Crippen LogP contribution in [0.15, 0.2) is 24.3 Å². The number of amides is 1. The van der Waals surface area contributed by atoms with Crippen LogP contribution in [0.2, 0.25) is 0 Å². The molecule has 8 heteroatoms. The van der Waals surface area contributed by atoms with Gasteiger partial charge in [0.2, 0.25) is 0 Å². The summed E-state index contributed by atoms with van der Waals surface area (Å²) in [5.41, 5.74) is 3.09. The molecule has 166 valence electrons. The average Bonchev–Trinajstić information content (AvgIpc) is 3.35. The number of aryl methyl sites for hydroxylation is 1. The lowest BCUT2D eigenvalue weighted by atomic mass is 10.0. The number of sulfone groups is 1. The van der Waals surface area contributed by atoms with Gasteiger partial charge in [-0.15, -0.1) is 0 Å². The van der Waals surface area contributed by atoms with Gasteiger partial charge in [-0.25, -0.2) is 13.2 Å². The maximum Gasteiger partial charge on any atom is 0.339 e. The molecule has 0 saturated carbocycles. The highest BCUT2D eigenvalue weighted by atomic mass is 32.2. The number of hydrogen-bond donors (Lipinski definition) is 0. The minimum Gasteiger partial charge on any atom is -0.452 e. The van der Waals surface area contributed by atoms with E-state index in [4.69, 9.17) is 4.74 Å². The van der Waals surface area contributed by atoms with Crippen molar-refractivity contribution in [3.05, 3.63) is 41.1 Å². The fourth-order valence-electron chi connectivity index (χ4n) is 4.72. The van der Waals surface area contributed by atoms with Crippen LogP contribution in [0.5, 0.6) is 0 Å². The summed E-state index contributed by atoms with van der Waals surface area (Å²) < 4.78 is 29.4. The summed E-state index contributed by atoms with van der Waals surface area (Å²) in [6.45, 7) is 3.45. The molecule has 1 fully saturated rings. The monoisotopic (exact) mass is 444 g/mol. The second kappa shape index (κ2) is 8.57. The van der Waals surface area contributed by atoms with Crippen molar-refractivity contribution in [2.24, 2.45) is 0 Å². The first-order valence-corrected chi connectivity index (χ1v) is 12.7. The van der Waals surface area contributed by atoms with Gasteiger partial charge >= 0.3 is 5.97 Å². The van der Waals surface area contributed by atoms with E-state index in [1.807, 2.05) is 38.1 Å². The van der Waals surface area contributed by atoms with Crippen LogP contribution < -0.4 is 0 Å². The first-order valence-electron chi connectivity index (χ1n) is 10.9. The number of carbonyl (C=O) groups excluding carboxylic acids is 2. The first-order chi connectivity index (χ1) is 14.8. The number of para-hydroxylation sites is 1. The molecule has 0 radical (unpaired) electrons. The summed E-state index contributed by atoms with van der Waals surface area (Å²) >= 11 is 0. The van der Waals surface area contributed by atoms with Gasteiger partial charge in [-0.1, -0.05) is 25.1 Å². The normalized spacial score (nSPS) is 20.4. The van der Waals surface area contributed by atoms with Gasteiger partial charge < -0.3 is 9.64 Å². The van der Waals surface area contributed by atoms with Crippen LogP contribution in [-0.2, 0) is 32.2 Å². The zero-order valence-electron chi connectivity index (χ0n) is 18.0. The molecule has 1 saturated heterocycles. The molecular formula is C23H28N2O5S. The Morgan fingerprint density at radius 2 is 2.03 bits per heavy atom. The van der Waals surface area contributed by atoms with Crippen molar-refractivity contribution >= 4 is 32.6 Å². The van der Waals surface area contributed by atoms with Crippen molar-refractivity contribution in [1.82, 2.24) is 9.88 Å². The van der Waals surface area contributed by atoms with Crippen molar-refractivity contribution in [1.29, 1.82) is 0 Å². The minimum absolute atomic E-state index is 0.0282. The predicted molar refractivity (Wildman–Crippen MR) is 118 cm³/mol. The number of carbonyl (C=O) groups is 2. The van der Waals surface area contributed by atoms with Gasteiger partial charge in [0, 0.05) is 23.2 Å². The van der Waals surface area contributed by atoms with Gasteiger partial charge in [0.05, 0.1) is 22.6 Å². The van der Waals surface area contributed by atoms with Gasteiger partial charge in [-0.3, -0.25) is 9.78 Å². The number of pyridine rings is 1. The molecule has 2 unspecified atom stereocenters. The van der Waals surface area contributed by atoms with E-state index < -0.39 is 22.4 Å². The Morgan fingerprint density at radius 3 is 2.74 bits per heavy atom. The molecule has 1 aliphatic carbocycles. The van der Waals surface area contributed by atoms with Gasteiger partial charge in [-0.2, -0.15) is 0 Å². The molecule has 1 aliphatic heterocycles. The number of ether oxygens (including phenoxy) is 1. The molecule has 7 nitrogen and oxygen atoms in total. The van der Waals surface area contributed by atoms with Crippen LogP contribution in [-0.4, -0.2) is 60.4 Å². The number of aromatic nitrogens is 1. The van der Waals surface area contributed by atoms with E-state index in [2.05, 4.69) is 4.98 Å². The second-order valence-corrected chi connectivity index (χ2v) is 10.7. The minimum atomic E-state index is -3.13. The quantitative estimate of drug-likeness (QED) is 0.636. The van der Waals surface area contributed by atoms with Crippen molar-refractivity contribution in [3.8, 4) is 0 Å². The summed E-state index contributed by atoms with van der Waals surface area (Å²) in [7, 11) is -3.13. The van der Waals surface area contributed by atoms with E-state index >= 15 is 0 Å². The van der Waals surface area contributed by atoms with Crippen molar-refractivity contribution in [2.75, 3.05) is 18.1 Å². The smallest absolute Gasteiger partial charge is 0.339 e. The Kier molecular flexibility index (Phi) is 6.01. The van der Waals surface area contributed by atoms with Crippen molar-refractivity contribution < 1.29 is 22.7 Å². The van der Waals surface area contributed by atoms with E-state index in [0.717, 1.165) is 41.4 Å². The predicted octanol–water partition coefficient (Wildman–Crippen LogP) is 2.69. The molecule has 1 amide bonds. The molecule has 2 heterocycles. The van der Waals surface area contributed by atoms with E-state index in [1.54, 1.807) is 4.90 Å². The molecule has 1 aromatic heterocycles. The molecule has 2 atom stereocenters. The van der Waals surface area contributed by atoms with Crippen LogP contribution in [0.1, 0.15) is 54.7 Å². The van der Waals surface area contributed by atoms with Crippen LogP contribution >= 0.6 is 0 Å². The van der Waals surface area contributed by atoms with E-state index in [0.29, 0.717) is 18.4 Å². The third-order valence-electron chi connectivity index (χ3n) is 6.41. The number of benzene rings is 1. The number of hydrogen-bond acceptors (Lipinski definition) is 6. The molecule has 2 aromatic rings. The molecule has 0 bridgehead atoms. The molecule has 4 rings (SSSR count). The lowest BCUT2D eigenvalue weighted by Gasteiger charge is -2.33. The van der Waals surface area contributed by atoms with Gasteiger partial charge in [0.25, 0.3) is 5.91 Å². The van der Waals surface area contributed by atoms with Crippen molar-refractivity contribution in [2.45, 2.75) is 58.0 Å². The Morgan fingerprint density at radius 1 is 1.26 bits per heavy atom. The molecular weight excluding hydrogens is 416 g/mol. The Bertz CT molecular complexity index is 1130.